The summed E-state index contributed by atoms with van der Waals surface area (Å²) in [6, 6.07) is 16.4. The predicted molar refractivity (Wildman–Crippen MR) is 138 cm³/mol. The Morgan fingerprint density at radius 2 is 1.43 bits per heavy atom. The summed E-state index contributed by atoms with van der Waals surface area (Å²) < 4.78 is 26.8. The predicted octanol–water partition coefficient (Wildman–Crippen LogP) is 5.88. The van der Waals surface area contributed by atoms with Crippen LogP contribution < -0.4 is 23.7 Å². The lowest BCUT2D eigenvalue weighted by Crippen LogP contribution is -1.99. The first-order chi connectivity index (χ1) is 17.0. The van der Waals surface area contributed by atoms with E-state index in [1.165, 1.54) is 0 Å². The minimum absolute atomic E-state index is 0.0509. The third-order valence-corrected chi connectivity index (χ3v) is 5.26. The normalized spacial score (nSPS) is 11.0. The van der Waals surface area contributed by atoms with Crippen molar-refractivity contribution in [1.29, 1.82) is 0 Å². The van der Waals surface area contributed by atoms with E-state index in [0.29, 0.717) is 40.0 Å². The molecule has 0 aliphatic heterocycles. The maximum atomic E-state index is 12.5. The molecule has 0 amide bonds. The van der Waals surface area contributed by atoms with Crippen molar-refractivity contribution in [2.45, 2.75) is 6.42 Å². The van der Waals surface area contributed by atoms with E-state index in [2.05, 4.69) is 4.99 Å². The van der Waals surface area contributed by atoms with Gasteiger partial charge in [-0.05, 0) is 47.5 Å². The summed E-state index contributed by atoms with van der Waals surface area (Å²) in [6.07, 6.45) is 5.63. The molecule has 0 saturated heterocycles. The number of methoxy groups -OCH3 is 5. The number of carbonyl (C=O) groups excluding carboxylic acids is 1. The Bertz CT molecular complexity index is 1210. The van der Waals surface area contributed by atoms with Gasteiger partial charge in [0.25, 0.3) is 0 Å². The topological polar surface area (TPSA) is 75.6 Å². The average Bonchev–Trinajstić information content (AvgIpc) is 2.91. The van der Waals surface area contributed by atoms with Crippen LogP contribution in [0.5, 0.6) is 28.7 Å². The summed E-state index contributed by atoms with van der Waals surface area (Å²) in [5.41, 5.74) is 2.98. The summed E-state index contributed by atoms with van der Waals surface area (Å²) >= 11 is 0. The molecule has 3 aromatic carbocycles. The van der Waals surface area contributed by atoms with Crippen LogP contribution >= 0.6 is 0 Å². The number of ether oxygens (including phenoxy) is 5. The van der Waals surface area contributed by atoms with Gasteiger partial charge in [0, 0.05) is 18.2 Å². The number of benzene rings is 3. The Balaban J connectivity index is 1.79. The van der Waals surface area contributed by atoms with E-state index < -0.39 is 0 Å². The van der Waals surface area contributed by atoms with E-state index >= 15 is 0 Å². The third-order valence-electron chi connectivity index (χ3n) is 5.26. The first kappa shape index (κ1) is 25.4. The maximum absolute atomic E-state index is 12.5. The molecule has 0 fully saturated rings. The number of Topliss-reactive ketones (excluding diaryl/α,β-unsaturated/α-hetero) is 1. The molecule has 0 heterocycles. The molecular weight excluding hydrogens is 446 g/mol. The molecule has 0 bridgehead atoms. The third kappa shape index (κ3) is 6.41. The maximum Gasteiger partial charge on any atom is 0.203 e. The van der Waals surface area contributed by atoms with Crippen molar-refractivity contribution in [3.63, 3.8) is 0 Å². The summed E-state index contributed by atoms with van der Waals surface area (Å²) in [6.45, 7) is 0. The molecule has 7 heteroatoms. The number of hydrogen-bond acceptors (Lipinski definition) is 7. The number of nitrogens with zero attached hydrogens (tertiary/aromatic N) is 1. The van der Waals surface area contributed by atoms with Gasteiger partial charge in [-0.15, -0.1) is 0 Å². The highest BCUT2D eigenvalue weighted by atomic mass is 16.5. The van der Waals surface area contributed by atoms with Crippen molar-refractivity contribution < 1.29 is 28.5 Å². The Labute approximate surface area is 205 Å². The van der Waals surface area contributed by atoms with Crippen LogP contribution in [0.25, 0.3) is 12.2 Å². The van der Waals surface area contributed by atoms with Crippen LogP contribution in [0, 0.1) is 0 Å². The molecule has 3 aromatic rings. The second kappa shape index (κ2) is 12.3. The monoisotopic (exact) mass is 475 g/mol. The van der Waals surface area contributed by atoms with Crippen LogP contribution in [-0.2, 0) is 0 Å². The average molecular weight is 476 g/mol. The van der Waals surface area contributed by atoms with Gasteiger partial charge in [-0.25, -0.2) is 0 Å². The molecule has 0 saturated carbocycles. The van der Waals surface area contributed by atoms with Crippen molar-refractivity contribution in [1.82, 2.24) is 0 Å². The molecule has 0 N–H and O–H groups in total. The quantitative estimate of drug-likeness (QED) is 0.196. The van der Waals surface area contributed by atoms with Crippen molar-refractivity contribution in [3.05, 3.63) is 71.3 Å². The van der Waals surface area contributed by atoms with Crippen LogP contribution in [0.15, 0.2) is 59.6 Å². The summed E-state index contributed by atoms with van der Waals surface area (Å²) in [5, 5.41) is 0. The summed E-state index contributed by atoms with van der Waals surface area (Å²) in [4.78, 5) is 17.0. The minimum Gasteiger partial charge on any atom is -0.497 e. The molecule has 35 heavy (non-hydrogen) atoms. The molecule has 7 nitrogen and oxygen atoms in total. The fraction of sp³-hybridized carbons (Fsp3) is 0.214. The smallest absolute Gasteiger partial charge is 0.203 e. The van der Waals surface area contributed by atoms with Crippen LogP contribution in [0.4, 0.5) is 5.69 Å². The van der Waals surface area contributed by atoms with Gasteiger partial charge < -0.3 is 23.7 Å². The highest BCUT2D eigenvalue weighted by Gasteiger charge is 2.12. The fourth-order valence-corrected chi connectivity index (χ4v) is 3.44. The van der Waals surface area contributed by atoms with Crippen molar-refractivity contribution in [2.24, 2.45) is 4.99 Å². The highest BCUT2D eigenvalue weighted by molar-refractivity contribution is 6.04. The van der Waals surface area contributed by atoms with Crippen molar-refractivity contribution in [3.8, 4) is 28.7 Å². The first-order valence-electron chi connectivity index (χ1n) is 10.9. The van der Waals surface area contributed by atoms with Gasteiger partial charge in [0.15, 0.2) is 17.3 Å². The molecular formula is C28H29NO6. The zero-order valence-corrected chi connectivity index (χ0v) is 20.5. The van der Waals surface area contributed by atoms with E-state index in [1.54, 1.807) is 66.0 Å². The fourth-order valence-electron chi connectivity index (χ4n) is 3.44. The number of carbonyl (C=O) groups is 1. The van der Waals surface area contributed by atoms with Crippen LogP contribution in [0.3, 0.4) is 0 Å². The Kier molecular flexibility index (Phi) is 8.89. The molecule has 0 aliphatic carbocycles. The highest BCUT2D eigenvalue weighted by Crippen LogP contribution is 2.38. The van der Waals surface area contributed by atoms with Crippen molar-refractivity contribution >= 4 is 29.8 Å². The van der Waals surface area contributed by atoms with Gasteiger partial charge in [-0.2, -0.15) is 0 Å². The molecule has 0 aromatic heterocycles. The molecule has 182 valence electrons. The van der Waals surface area contributed by atoms with E-state index in [4.69, 9.17) is 23.7 Å². The largest absolute Gasteiger partial charge is 0.497 e. The second-order valence-electron chi connectivity index (χ2n) is 7.39. The van der Waals surface area contributed by atoms with Crippen LogP contribution in [0.2, 0.25) is 0 Å². The minimum atomic E-state index is -0.0509. The van der Waals surface area contributed by atoms with E-state index in [-0.39, 0.29) is 12.2 Å². The Hall–Kier alpha value is -4.26. The Morgan fingerprint density at radius 3 is 2.06 bits per heavy atom. The molecule has 0 radical (unpaired) electrons. The van der Waals surface area contributed by atoms with Gasteiger partial charge >= 0.3 is 0 Å². The number of aliphatic imine (C=N–C) groups is 1. The molecule has 3 rings (SSSR count). The first-order valence-corrected chi connectivity index (χ1v) is 10.9. The van der Waals surface area contributed by atoms with Gasteiger partial charge in [0.1, 0.15) is 17.2 Å². The molecule has 0 unspecified atom stereocenters. The standard InChI is InChI=1S/C28H29NO6/c1-31-22-8-6-7-21(18-22)24(30)13-14-29-23-15-19(11-12-25(23)32-2)9-10-20-16-26(33-3)28(35-5)27(17-20)34-4/h6-12,14-18H,13H2,1-5H3/b10-9-,29-14?. The zero-order valence-electron chi connectivity index (χ0n) is 20.5. The van der Waals surface area contributed by atoms with Crippen LogP contribution in [0.1, 0.15) is 27.9 Å². The number of ketones is 1. The van der Waals surface area contributed by atoms with E-state index in [9.17, 15) is 4.79 Å². The van der Waals surface area contributed by atoms with Crippen molar-refractivity contribution in [2.75, 3.05) is 35.5 Å². The lowest BCUT2D eigenvalue weighted by atomic mass is 10.1. The summed E-state index contributed by atoms with van der Waals surface area (Å²) in [7, 11) is 7.89. The number of rotatable bonds is 11. The van der Waals surface area contributed by atoms with Crippen LogP contribution in [-0.4, -0.2) is 47.5 Å². The molecule has 0 aliphatic rings. The lowest BCUT2D eigenvalue weighted by Gasteiger charge is -2.12. The van der Waals surface area contributed by atoms with Gasteiger partial charge in [-0.1, -0.05) is 30.4 Å². The van der Waals surface area contributed by atoms with Gasteiger partial charge in [-0.3, -0.25) is 9.79 Å². The second-order valence-corrected chi connectivity index (χ2v) is 7.39. The SMILES string of the molecule is COc1cccc(C(=O)CC=Nc2cc(/C=C\c3cc(OC)c(OC)c(OC)c3)ccc2OC)c1. The van der Waals surface area contributed by atoms with Gasteiger partial charge in [0.2, 0.25) is 5.75 Å². The van der Waals surface area contributed by atoms with E-state index in [0.717, 1.165) is 11.1 Å². The van der Waals surface area contributed by atoms with E-state index in [1.807, 2.05) is 42.5 Å². The zero-order chi connectivity index (χ0) is 25.2. The lowest BCUT2D eigenvalue weighted by molar-refractivity contribution is 0.100. The molecule has 0 spiro atoms. The summed E-state index contributed by atoms with van der Waals surface area (Å²) in [5.74, 6) is 2.89. The number of hydrogen-bond donors (Lipinski definition) is 0. The molecule has 0 atom stereocenters. The Morgan fingerprint density at radius 1 is 0.743 bits per heavy atom. The van der Waals surface area contributed by atoms with Gasteiger partial charge in [0.05, 0.1) is 35.5 Å².